The van der Waals surface area contributed by atoms with Gasteiger partial charge in [-0.25, -0.2) is 8.78 Å². The van der Waals surface area contributed by atoms with Crippen molar-refractivity contribution in [3.63, 3.8) is 0 Å². The van der Waals surface area contributed by atoms with Crippen LogP contribution in [0.3, 0.4) is 0 Å². The van der Waals surface area contributed by atoms with Gasteiger partial charge in [0.05, 0.1) is 11.7 Å². The summed E-state index contributed by atoms with van der Waals surface area (Å²) in [4.78, 5) is 12.2. The molecule has 0 spiro atoms. The lowest BCUT2D eigenvalue weighted by Gasteiger charge is -2.25. The molecule has 0 bridgehead atoms. The number of carbonyl (C=O) groups is 1. The van der Waals surface area contributed by atoms with Gasteiger partial charge in [0.15, 0.2) is 11.6 Å². The summed E-state index contributed by atoms with van der Waals surface area (Å²) in [7, 11) is 0. The van der Waals surface area contributed by atoms with Crippen molar-refractivity contribution in [2.24, 2.45) is 0 Å². The van der Waals surface area contributed by atoms with Crippen LogP contribution in [0.15, 0.2) is 42.5 Å². The third-order valence-electron chi connectivity index (χ3n) is 3.61. The summed E-state index contributed by atoms with van der Waals surface area (Å²) in [5, 5.41) is 5.54. The molecule has 2 N–H and O–H groups in total. The van der Waals surface area contributed by atoms with Gasteiger partial charge < -0.3 is 10.6 Å². The molecule has 0 fully saturated rings. The van der Waals surface area contributed by atoms with Gasteiger partial charge >= 0.3 is 0 Å². The minimum atomic E-state index is -1.04. The van der Waals surface area contributed by atoms with E-state index in [9.17, 15) is 13.6 Å². The molecular formula is C16H14F2N2O. The van der Waals surface area contributed by atoms with Crippen LogP contribution in [-0.4, -0.2) is 11.9 Å². The van der Waals surface area contributed by atoms with E-state index in [2.05, 4.69) is 10.6 Å². The Bertz CT molecular complexity index is 688. The van der Waals surface area contributed by atoms with Gasteiger partial charge in [0, 0.05) is 6.54 Å². The van der Waals surface area contributed by atoms with E-state index in [0.717, 1.165) is 17.2 Å². The smallest absolute Gasteiger partial charge is 0.241 e. The van der Waals surface area contributed by atoms with Crippen LogP contribution >= 0.6 is 0 Å². The molecule has 0 aromatic heterocycles. The van der Waals surface area contributed by atoms with Crippen molar-refractivity contribution in [2.45, 2.75) is 19.0 Å². The van der Waals surface area contributed by atoms with Gasteiger partial charge in [-0.15, -0.1) is 0 Å². The number of benzene rings is 2. The third-order valence-corrected chi connectivity index (χ3v) is 3.61. The molecule has 0 saturated heterocycles. The summed E-state index contributed by atoms with van der Waals surface area (Å²) in [5.74, 6) is -2.38. The fraction of sp³-hybridized carbons (Fsp3) is 0.188. The topological polar surface area (TPSA) is 41.1 Å². The van der Waals surface area contributed by atoms with Crippen molar-refractivity contribution < 1.29 is 13.6 Å². The molecule has 3 rings (SSSR count). The number of carbonyl (C=O) groups excluding carboxylic acids is 1. The van der Waals surface area contributed by atoms with Crippen LogP contribution in [0.4, 0.5) is 14.5 Å². The number of anilines is 1. The Labute approximate surface area is 121 Å². The van der Waals surface area contributed by atoms with Gasteiger partial charge in [-0.05, 0) is 29.7 Å². The Morgan fingerprint density at radius 2 is 1.86 bits per heavy atom. The average molecular weight is 288 g/mol. The van der Waals surface area contributed by atoms with E-state index >= 15 is 0 Å². The number of hydrogen-bond donors (Lipinski definition) is 2. The summed E-state index contributed by atoms with van der Waals surface area (Å²) in [6, 6.07) is 11.1. The molecule has 5 heteroatoms. The molecule has 2 aromatic rings. The Hall–Kier alpha value is -2.27. The predicted octanol–water partition coefficient (Wildman–Crippen LogP) is 2.62. The largest absolute Gasteiger partial charge is 0.322 e. The number of amides is 1. The first kappa shape index (κ1) is 13.7. The van der Waals surface area contributed by atoms with Crippen LogP contribution in [0.25, 0.3) is 0 Å². The van der Waals surface area contributed by atoms with Crippen LogP contribution in [0.1, 0.15) is 11.1 Å². The maximum atomic E-state index is 13.6. The van der Waals surface area contributed by atoms with Crippen molar-refractivity contribution >= 4 is 11.6 Å². The van der Waals surface area contributed by atoms with Crippen LogP contribution in [-0.2, 0) is 17.8 Å². The first-order valence-corrected chi connectivity index (χ1v) is 6.70. The highest BCUT2D eigenvalue weighted by Gasteiger charge is 2.24. The minimum absolute atomic E-state index is 0.138. The van der Waals surface area contributed by atoms with E-state index < -0.39 is 17.7 Å². The molecule has 1 aliphatic rings. The van der Waals surface area contributed by atoms with Gasteiger partial charge in [0.2, 0.25) is 5.91 Å². The molecule has 0 radical (unpaired) electrons. The van der Waals surface area contributed by atoms with E-state index in [0.29, 0.717) is 13.0 Å². The molecule has 1 aliphatic heterocycles. The fourth-order valence-corrected chi connectivity index (χ4v) is 2.46. The Kier molecular flexibility index (Phi) is 3.66. The fourth-order valence-electron chi connectivity index (χ4n) is 2.46. The van der Waals surface area contributed by atoms with Gasteiger partial charge in [0.1, 0.15) is 0 Å². The zero-order valence-electron chi connectivity index (χ0n) is 11.2. The van der Waals surface area contributed by atoms with E-state index in [4.69, 9.17) is 0 Å². The van der Waals surface area contributed by atoms with Crippen molar-refractivity contribution in [3.8, 4) is 0 Å². The second kappa shape index (κ2) is 5.61. The van der Waals surface area contributed by atoms with Gasteiger partial charge in [0.25, 0.3) is 0 Å². The highest BCUT2D eigenvalue weighted by molar-refractivity contribution is 5.95. The number of nitrogens with one attached hydrogen (secondary N) is 2. The van der Waals surface area contributed by atoms with Crippen molar-refractivity contribution in [1.29, 1.82) is 0 Å². The van der Waals surface area contributed by atoms with Crippen LogP contribution in [0.2, 0.25) is 0 Å². The monoisotopic (exact) mass is 288 g/mol. The van der Waals surface area contributed by atoms with Gasteiger partial charge in [-0.1, -0.05) is 30.3 Å². The highest BCUT2D eigenvalue weighted by atomic mass is 19.2. The Morgan fingerprint density at radius 3 is 2.67 bits per heavy atom. The summed E-state index contributed by atoms with van der Waals surface area (Å²) >= 11 is 0. The molecule has 1 amide bonds. The summed E-state index contributed by atoms with van der Waals surface area (Å²) < 4.78 is 26.7. The first-order valence-electron chi connectivity index (χ1n) is 6.70. The molecule has 21 heavy (non-hydrogen) atoms. The van der Waals surface area contributed by atoms with Crippen LogP contribution in [0, 0.1) is 11.6 Å². The summed E-state index contributed by atoms with van der Waals surface area (Å²) in [6.07, 6.45) is 0.527. The molecule has 1 atom stereocenters. The second-order valence-electron chi connectivity index (χ2n) is 5.00. The number of hydrogen-bond acceptors (Lipinski definition) is 2. The number of rotatable bonds is 2. The molecule has 3 nitrogen and oxygen atoms in total. The third kappa shape index (κ3) is 2.78. The maximum absolute atomic E-state index is 13.6. The van der Waals surface area contributed by atoms with E-state index in [1.807, 2.05) is 24.3 Å². The van der Waals surface area contributed by atoms with E-state index in [-0.39, 0.29) is 11.6 Å². The SMILES string of the molecule is O=C(Nc1cccc(F)c1F)[C@H]1Cc2ccccc2CN1. The molecule has 2 aromatic carbocycles. The summed E-state index contributed by atoms with van der Waals surface area (Å²) in [5.41, 5.74) is 2.11. The summed E-state index contributed by atoms with van der Waals surface area (Å²) in [6.45, 7) is 0.583. The standard InChI is InChI=1S/C16H14F2N2O/c17-12-6-3-7-13(15(12)18)20-16(21)14-8-10-4-1-2-5-11(10)9-19-14/h1-7,14,19H,8-9H2,(H,20,21)/t14-/m1/s1. The lowest BCUT2D eigenvalue weighted by atomic mass is 9.95. The van der Waals surface area contributed by atoms with Gasteiger partial charge in [-0.2, -0.15) is 0 Å². The molecular weight excluding hydrogens is 274 g/mol. The zero-order chi connectivity index (χ0) is 14.8. The molecule has 0 saturated carbocycles. The number of halogens is 2. The van der Waals surface area contributed by atoms with Crippen molar-refractivity contribution in [2.75, 3.05) is 5.32 Å². The van der Waals surface area contributed by atoms with Crippen molar-refractivity contribution in [3.05, 3.63) is 65.2 Å². The maximum Gasteiger partial charge on any atom is 0.241 e. The first-order chi connectivity index (χ1) is 10.1. The highest BCUT2D eigenvalue weighted by Crippen LogP contribution is 2.19. The zero-order valence-corrected chi connectivity index (χ0v) is 11.2. The normalized spacial score (nSPS) is 17.1. The average Bonchev–Trinajstić information content (AvgIpc) is 2.51. The number of fused-ring (bicyclic) bond motifs is 1. The molecule has 0 aliphatic carbocycles. The lowest BCUT2D eigenvalue weighted by Crippen LogP contribution is -2.44. The molecule has 0 unspecified atom stereocenters. The Balaban J connectivity index is 1.74. The van der Waals surface area contributed by atoms with Gasteiger partial charge in [-0.3, -0.25) is 4.79 Å². The molecule has 1 heterocycles. The van der Waals surface area contributed by atoms with Crippen molar-refractivity contribution in [1.82, 2.24) is 5.32 Å². The Morgan fingerprint density at radius 1 is 1.10 bits per heavy atom. The second-order valence-corrected chi connectivity index (χ2v) is 5.00. The van der Waals surface area contributed by atoms with Crippen LogP contribution < -0.4 is 10.6 Å². The predicted molar refractivity (Wildman–Crippen MR) is 75.8 cm³/mol. The lowest BCUT2D eigenvalue weighted by molar-refractivity contribution is -0.118. The quantitative estimate of drug-likeness (QED) is 0.892. The molecule has 108 valence electrons. The van der Waals surface area contributed by atoms with Crippen LogP contribution in [0.5, 0.6) is 0 Å². The van der Waals surface area contributed by atoms with E-state index in [1.54, 1.807) is 0 Å². The van der Waals surface area contributed by atoms with E-state index in [1.165, 1.54) is 12.1 Å². The minimum Gasteiger partial charge on any atom is -0.322 e.